The molecule has 6 rings (SSSR count). The van der Waals surface area contributed by atoms with Crippen LogP contribution in [0.15, 0.2) is 89.9 Å². The van der Waals surface area contributed by atoms with Gasteiger partial charge in [-0.25, -0.2) is 4.99 Å². The maximum absolute atomic E-state index is 14.1. The molecular weight excluding hydrogens is 559 g/mol. The van der Waals surface area contributed by atoms with Crippen LogP contribution in [0.4, 0.5) is 13.2 Å². The summed E-state index contributed by atoms with van der Waals surface area (Å²) in [5, 5.41) is 7.10. The number of aromatic nitrogens is 3. The molecule has 2 N–H and O–H groups in total. The zero-order chi connectivity index (χ0) is 30.6. The van der Waals surface area contributed by atoms with Crippen LogP contribution < -0.4 is 5.73 Å². The Morgan fingerprint density at radius 2 is 1.56 bits per heavy atom. The Hall–Kier alpha value is -5.00. The maximum atomic E-state index is 14.1. The second kappa shape index (κ2) is 10.1. The van der Waals surface area contributed by atoms with E-state index in [1.54, 1.807) is 38.1 Å². The molecule has 3 aromatic carbocycles. The van der Waals surface area contributed by atoms with Gasteiger partial charge in [0.05, 0.1) is 18.6 Å². The fourth-order valence-electron chi connectivity index (χ4n) is 5.95. The molecule has 0 radical (unpaired) electrons. The summed E-state index contributed by atoms with van der Waals surface area (Å²) in [6.07, 6.45) is -4.67. The molecule has 9 nitrogen and oxygen atoms in total. The van der Waals surface area contributed by atoms with E-state index in [0.717, 1.165) is 4.57 Å². The maximum Gasteiger partial charge on any atom is 0.451 e. The minimum Gasteiger partial charge on any atom is -0.369 e. The fraction of sp³-hybridized carbons (Fsp3) is 0.258. The Morgan fingerprint density at radius 1 is 0.930 bits per heavy atom. The lowest BCUT2D eigenvalue weighted by Crippen LogP contribution is -2.50. The Balaban J connectivity index is 1.27. The van der Waals surface area contributed by atoms with Crippen molar-refractivity contribution in [1.29, 1.82) is 0 Å². The Labute approximate surface area is 245 Å². The smallest absolute Gasteiger partial charge is 0.369 e. The number of carbonyl (C=O) groups excluding carboxylic acids is 2. The molecule has 0 fully saturated rings. The van der Waals surface area contributed by atoms with Gasteiger partial charge in [0.1, 0.15) is 0 Å². The van der Waals surface area contributed by atoms with Gasteiger partial charge in [0, 0.05) is 12.1 Å². The molecule has 2 amide bonds. The molecule has 2 aliphatic heterocycles. The fourth-order valence-corrected chi connectivity index (χ4v) is 5.95. The average molecular weight is 588 g/mol. The molecule has 220 valence electrons. The third-order valence-corrected chi connectivity index (χ3v) is 7.80. The zero-order valence-corrected chi connectivity index (χ0v) is 23.4. The van der Waals surface area contributed by atoms with E-state index in [-0.39, 0.29) is 43.2 Å². The van der Waals surface area contributed by atoms with Crippen molar-refractivity contribution >= 4 is 17.8 Å². The molecule has 0 unspecified atom stereocenters. The molecule has 3 heterocycles. The minimum absolute atomic E-state index is 0.0189. The van der Waals surface area contributed by atoms with Crippen molar-refractivity contribution in [3.8, 4) is 0 Å². The average Bonchev–Trinajstić information content (AvgIpc) is 3.54. The molecule has 0 saturated carbocycles. The van der Waals surface area contributed by atoms with Crippen molar-refractivity contribution in [3.05, 3.63) is 119 Å². The van der Waals surface area contributed by atoms with Crippen molar-refractivity contribution in [3.63, 3.8) is 0 Å². The largest absolute Gasteiger partial charge is 0.451 e. The molecule has 1 aromatic heterocycles. The van der Waals surface area contributed by atoms with Gasteiger partial charge in [0.15, 0.2) is 17.3 Å². The van der Waals surface area contributed by atoms with E-state index in [0.29, 0.717) is 22.3 Å². The summed E-state index contributed by atoms with van der Waals surface area (Å²) in [6, 6.07) is 25.2. The van der Waals surface area contributed by atoms with E-state index < -0.39 is 23.1 Å². The van der Waals surface area contributed by atoms with Crippen LogP contribution in [0.25, 0.3) is 0 Å². The molecule has 0 aliphatic carbocycles. The number of nitrogens with two attached hydrogens (primary N) is 1. The number of hydrogen-bond acceptors (Lipinski definition) is 6. The van der Waals surface area contributed by atoms with Crippen LogP contribution in [0.2, 0.25) is 0 Å². The normalized spacial score (nSPS) is 17.5. The van der Waals surface area contributed by atoms with E-state index in [4.69, 9.17) is 10.7 Å². The Bertz CT molecular complexity index is 1690. The number of carbonyl (C=O) groups is 2. The highest BCUT2D eigenvalue weighted by Gasteiger charge is 2.50. The van der Waals surface area contributed by atoms with Gasteiger partial charge in [-0.2, -0.15) is 13.2 Å². The molecule has 0 saturated heterocycles. The number of amides is 2. The first-order valence-electron chi connectivity index (χ1n) is 13.6. The molecule has 0 bridgehead atoms. The number of aliphatic imine (C=N–C) groups is 1. The van der Waals surface area contributed by atoms with E-state index >= 15 is 0 Å². The summed E-state index contributed by atoms with van der Waals surface area (Å²) in [6.45, 7) is 3.17. The molecule has 43 heavy (non-hydrogen) atoms. The summed E-state index contributed by atoms with van der Waals surface area (Å²) < 4.78 is 41.7. The van der Waals surface area contributed by atoms with E-state index in [9.17, 15) is 22.8 Å². The van der Waals surface area contributed by atoms with Gasteiger partial charge in [-0.3, -0.25) is 19.1 Å². The SMILES string of the molecule is CC1(C)CN(C(=O)c2cccc(CN3C(=O)C(c4ccccc4)(c4ccccc4)N=C3N)c2)Cc2nnc(C(F)(F)F)n21. The summed E-state index contributed by atoms with van der Waals surface area (Å²) in [5.74, 6) is -1.69. The monoisotopic (exact) mass is 587 g/mol. The van der Waals surface area contributed by atoms with Crippen molar-refractivity contribution in [1.82, 2.24) is 24.6 Å². The third kappa shape index (κ3) is 4.72. The van der Waals surface area contributed by atoms with Crippen molar-refractivity contribution in [2.24, 2.45) is 10.7 Å². The number of fused-ring (bicyclic) bond motifs is 1. The van der Waals surface area contributed by atoms with Crippen molar-refractivity contribution in [2.45, 2.75) is 44.2 Å². The highest BCUT2D eigenvalue weighted by Crippen LogP contribution is 2.40. The van der Waals surface area contributed by atoms with Gasteiger partial charge in [0.25, 0.3) is 11.8 Å². The number of alkyl halides is 3. The standard InChI is InChI=1S/C31H28F3N7O2/c1-29(2)19-39(18-24-37-38-26(41(24)29)31(32,33)34)25(42)21-11-9-10-20(16-21)17-40-27(43)30(36-28(40)35,22-12-5-3-6-13-22)23-14-7-4-8-15-23/h3-16H,17-19H2,1-2H3,(H2,35,36). The minimum atomic E-state index is -4.67. The first-order chi connectivity index (χ1) is 20.4. The number of hydrogen-bond donors (Lipinski definition) is 1. The molecule has 4 aromatic rings. The number of rotatable bonds is 5. The Kier molecular flexibility index (Phi) is 6.59. The number of guanidine groups is 1. The van der Waals surface area contributed by atoms with E-state index in [1.165, 1.54) is 9.80 Å². The van der Waals surface area contributed by atoms with Crippen LogP contribution in [0.1, 0.15) is 52.5 Å². The van der Waals surface area contributed by atoms with Crippen LogP contribution in [0.5, 0.6) is 0 Å². The quantitative estimate of drug-likeness (QED) is 0.375. The number of halogens is 3. The van der Waals surface area contributed by atoms with Crippen LogP contribution >= 0.6 is 0 Å². The third-order valence-electron chi connectivity index (χ3n) is 7.80. The number of benzene rings is 3. The molecule has 0 atom stereocenters. The van der Waals surface area contributed by atoms with Gasteiger partial charge < -0.3 is 10.6 Å². The van der Waals surface area contributed by atoms with Crippen LogP contribution in [-0.4, -0.2) is 48.9 Å². The summed E-state index contributed by atoms with van der Waals surface area (Å²) in [5.41, 5.74) is 6.22. The van der Waals surface area contributed by atoms with Crippen LogP contribution in [0.3, 0.4) is 0 Å². The van der Waals surface area contributed by atoms with Crippen LogP contribution in [0, 0.1) is 0 Å². The second-order valence-electron chi connectivity index (χ2n) is 11.3. The Morgan fingerprint density at radius 3 is 2.16 bits per heavy atom. The number of nitrogens with zero attached hydrogens (tertiary/aromatic N) is 6. The zero-order valence-electron chi connectivity index (χ0n) is 23.4. The summed E-state index contributed by atoms with van der Waals surface area (Å²) in [7, 11) is 0. The topological polar surface area (TPSA) is 110 Å². The summed E-state index contributed by atoms with van der Waals surface area (Å²) in [4.78, 5) is 35.3. The first kappa shape index (κ1) is 28.1. The molecule has 12 heteroatoms. The van der Waals surface area contributed by atoms with E-state index in [1.807, 2.05) is 60.7 Å². The highest BCUT2D eigenvalue weighted by atomic mass is 19.4. The summed E-state index contributed by atoms with van der Waals surface area (Å²) >= 11 is 0. The second-order valence-corrected chi connectivity index (χ2v) is 11.3. The van der Waals surface area contributed by atoms with Crippen molar-refractivity contribution < 1.29 is 22.8 Å². The highest BCUT2D eigenvalue weighted by molar-refractivity contribution is 6.09. The lowest BCUT2D eigenvalue weighted by molar-refractivity contribution is -0.150. The van der Waals surface area contributed by atoms with Gasteiger partial charge >= 0.3 is 6.18 Å². The molecule has 2 aliphatic rings. The van der Waals surface area contributed by atoms with Gasteiger partial charge in [-0.1, -0.05) is 72.8 Å². The van der Waals surface area contributed by atoms with Gasteiger partial charge in [-0.15, -0.1) is 10.2 Å². The molecule has 0 spiro atoms. The van der Waals surface area contributed by atoms with Crippen molar-refractivity contribution in [2.75, 3.05) is 6.54 Å². The van der Waals surface area contributed by atoms with Crippen LogP contribution in [-0.2, 0) is 35.1 Å². The van der Waals surface area contributed by atoms with Gasteiger partial charge in [-0.05, 0) is 42.7 Å². The predicted molar refractivity (Wildman–Crippen MR) is 151 cm³/mol. The van der Waals surface area contributed by atoms with E-state index in [2.05, 4.69) is 10.2 Å². The lowest BCUT2D eigenvalue weighted by atomic mass is 9.83. The lowest BCUT2D eigenvalue weighted by Gasteiger charge is -2.40. The predicted octanol–water partition coefficient (Wildman–Crippen LogP) is 4.29. The van der Waals surface area contributed by atoms with Gasteiger partial charge in [0.2, 0.25) is 5.82 Å². The first-order valence-corrected chi connectivity index (χ1v) is 13.6. The molecular formula is C31H28F3N7O2.